The van der Waals surface area contributed by atoms with Gasteiger partial charge in [0, 0.05) is 11.3 Å². The van der Waals surface area contributed by atoms with Gasteiger partial charge in [-0.05, 0) is 38.1 Å². The monoisotopic (exact) mass is 369 g/mol. The highest BCUT2D eigenvalue weighted by Crippen LogP contribution is 2.29. The summed E-state index contributed by atoms with van der Waals surface area (Å²) in [6.45, 7) is 4.28. The van der Waals surface area contributed by atoms with Gasteiger partial charge in [0.2, 0.25) is 11.8 Å². The standard InChI is InChI=1S/C20H23N3O4/c1-4-27-20-15(6-5-7-17(20)26-3)13-21-23-19(25)12-18(24)22-16-10-8-14(2)9-11-16/h5-11,13H,4,12H2,1-3H3,(H,22,24)(H,23,25). The molecule has 0 atom stereocenters. The van der Waals surface area contributed by atoms with Crippen LogP contribution in [0.25, 0.3) is 0 Å². The molecule has 0 aliphatic rings. The van der Waals surface area contributed by atoms with Crippen LogP contribution in [0.5, 0.6) is 11.5 Å². The molecule has 0 aliphatic heterocycles. The lowest BCUT2D eigenvalue weighted by Gasteiger charge is -2.11. The predicted molar refractivity (Wildman–Crippen MR) is 104 cm³/mol. The maximum Gasteiger partial charge on any atom is 0.249 e. The van der Waals surface area contributed by atoms with Gasteiger partial charge in [0.1, 0.15) is 6.42 Å². The maximum absolute atomic E-state index is 11.9. The first-order valence-electron chi connectivity index (χ1n) is 8.51. The predicted octanol–water partition coefficient (Wildman–Crippen LogP) is 2.88. The van der Waals surface area contributed by atoms with E-state index < -0.39 is 11.8 Å². The summed E-state index contributed by atoms with van der Waals surface area (Å²) < 4.78 is 10.8. The summed E-state index contributed by atoms with van der Waals surface area (Å²) in [5, 5.41) is 6.55. The molecule has 2 aromatic carbocycles. The number of benzene rings is 2. The largest absolute Gasteiger partial charge is 0.493 e. The molecule has 2 aromatic rings. The summed E-state index contributed by atoms with van der Waals surface area (Å²) in [6.07, 6.45) is 1.12. The van der Waals surface area contributed by atoms with Crippen LogP contribution in [0.1, 0.15) is 24.5 Å². The first-order valence-corrected chi connectivity index (χ1v) is 8.51. The molecular weight excluding hydrogens is 346 g/mol. The molecule has 0 aliphatic carbocycles. The van der Waals surface area contributed by atoms with E-state index in [1.807, 2.05) is 26.0 Å². The Labute approximate surface area is 158 Å². The SMILES string of the molecule is CCOc1c(C=NNC(=O)CC(=O)Nc2ccc(C)cc2)cccc1OC. The van der Waals surface area contributed by atoms with Crippen LogP contribution in [0.15, 0.2) is 47.6 Å². The second-order valence-corrected chi connectivity index (χ2v) is 5.70. The highest BCUT2D eigenvalue weighted by Gasteiger charge is 2.10. The van der Waals surface area contributed by atoms with E-state index in [2.05, 4.69) is 15.8 Å². The van der Waals surface area contributed by atoms with Crippen molar-refractivity contribution in [1.82, 2.24) is 5.43 Å². The van der Waals surface area contributed by atoms with Crippen LogP contribution in [0.4, 0.5) is 5.69 Å². The number of rotatable bonds is 8. The highest BCUT2D eigenvalue weighted by molar-refractivity contribution is 6.03. The van der Waals surface area contributed by atoms with Gasteiger partial charge < -0.3 is 14.8 Å². The number of ether oxygens (including phenoxy) is 2. The number of anilines is 1. The summed E-state index contributed by atoms with van der Waals surface area (Å²) in [5.74, 6) is 0.182. The molecule has 0 heterocycles. The van der Waals surface area contributed by atoms with Crippen LogP contribution < -0.4 is 20.2 Å². The van der Waals surface area contributed by atoms with Crippen LogP contribution in [0.3, 0.4) is 0 Å². The summed E-state index contributed by atoms with van der Waals surface area (Å²) in [4.78, 5) is 23.8. The summed E-state index contributed by atoms with van der Waals surface area (Å²) in [6, 6.07) is 12.7. The van der Waals surface area contributed by atoms with E-state index in [9.17, 15) is 9.59 Å². The van der Waals surface area contributed by atoms with E-state index in [0.29, 0.717) is 29.4 Å². The zero-order valence-corrected chi connectivity index (χ0v) is 15.6. The number of aryl methyl sites for hydroxylation is 1. The van der Waals surface area contributed by atoms with Crippen molar-refractivity contribution in [2.75, 3.05) is 19.0 Å². The van der Waals surface area contributed by atoms with Crippen molar-refractivity contribution in [2.24, 2.45) is 5.10 Å². The van der Waals surface area contributed by atoms with Crippen molar-refractivity contribution in [1.29, 1.82) is 0 Å². The quantitative estimate of drug-likeness (QED) is 0.425. The molecule has 2 rings (SSSR count). The molecular formula is C20H23N3O4. The molecule has 2 N–H and O–H groups in total. The lowest BCUT2D eigenvalue weighted by atomic mass is 10.2. The number of hydrogen-bond acceptors (Lipinski definition) is 5. The van der Waals surface area contributed by atoms with Crippen LogP contribution in [0.2, 0.25) is 0 Å². The fraction of sp³-hybridized carbons (Fsp3) is 0.250. The minimum atomic E-state index is -0.517. The number of carbonyl (C=O) groups excluding carboxylic acids is 2. The number of methoxy groups -OCH3 is 1. The van der Waals surface area contributed by atoms with Gasteiger partial charge in [-0.3, -0.25) is 9.59 Å². The lowest BCUT2D eigenvalue weighted by Crippen LogP contribution is -2.24. The minimum Gasteiger partial charge on any atom is -0.493 e. The van der Waals surface area contributed by atoms with Crippen molar-refractivity contribution >= 4 is 23.7 Å². The number of para-hydroxylation sites is 1. The normalized spacial score (nSPS) is 10.5. The Balaban J connectivity index is 1.91. The van der Waals surface area contributed by atoms with Crippen LogP contribution >= 0.6 is 0 Å². The van der Waals surface area contributed by atoms with Gasteiger partial charge in [0.05, 0.1) is 19.9 Å². The molecule has 0 aromatic heterocycles. The second-order valence-electron chi connectivity index (χ2n) is 5.70. The number of amides is 2. The van der Waals surface area contributed by atoms with Crippen LogP contribution in [-0.4, -0.2) is 31.7 Å². The topological polar surface area (TPSA) is 89.0 Å². The molecule has 0 saturated carbocycles. The van der Waals surface area contributed by atoms with Crippen molar-refractivity contribution in [3.63, 3.8) is 0 Å². The number of nitrogens with one attached hydrogen (secondary N) is 2. The Morgan fingerprint density at radius 3 is 2.52 bits per heavy atom. The molecule has 0 saturated heterocycles. The van der Waals surface area contributed by atoms with Gasteiger partial charge in [0.15, 0.2) is 11.5 Å². The Bertz CT molecular complexity index is 816. The van der Waals surface area contributed by atoms with E-state index in [4.69, 9.17) is 9.47 Å². The molecule has 0 unspecified atom stereocenters. The molecule has 7 nitrogen and oxygen atoms in total. The number of nitrogens with zero attached hydrogens (tertiary/aromatic N) is 1. The number of hydrazone groups is 1. The summed E-state index contributed by atoms with van der Waals surface area (Å²) in [7, 11) is 1.55. The smallest absolute Gasteiger partial charge is 0.249 e. The molecule has 27 heavy (non-hydrogen) atoms. The molecule has 7 heteroatoms. The van der Waals surface area contributed by atoms with Crippen LogP contribution in [-0.2, 0) is 9.59 Å². The third-order valence-electron chi connectivity index (χ3n) is 3.57. The first kappa shape index (κ1) is 20.0. The third kappa shape index (κ3) is 6.14. The van der Waals surface area contributed by atoms with Gasteiger partial charge in [-0.25, -0.2) is 5.43 Å². The maximum atomic E-state index is 11.9. The zero-order valence-electron chi connectivity index (χ0n) is 15.6. The first-order chi connectivity index (χ1) is 13.0. The van der Waals surface area contributed by atoms with E-state index >= 15 is 0 Å². The van der Waals surface area contributed by atoms with Crippen molar-refractivity contribution in [2.45, 2.75) is 20.3 Å². The van der Waals surface area contributed by atoms with E-state index in [-0.39, 0.29) is 6.42 Å². The fourth-order valence-electron chi connectivity index (χ4n) is 2.30. The second kappa shape index (κ2) is 9.96. The third-order valence-corrected chi connectivity index (χ3v) is 3.57. The Morgan fingerprint density at radius 2 is 1.85 bits per heavy atom. The van der Waals surface area contributed by atoms with Crippen molar-refractivity contribution < 1.29 is 19.1 Å². The zero-order chi connectivity index (χ0) is 19.6. The Kier molecular flexibility index (Phi) is 7.37. The molecule has 0 fully saturated rings. The number of carbonyl (C=O) groups is 2. The van der Waals surface area contributed by atoms with Gasteiger partial charge >= 0.3 is 0 Å². The number of hydrogen-bond donors (Lipinski definition) is 2. The lowest BCUT2D eigenvalue weighted by molar-refractivity contribution is -0.126. The minimum absolute atomic E-state index is 0.332. The average Bonchev–Trinajstić information content (AvgIpc) is 2.65. The van der Waals surface area contributed by atoms with Gasteiger partial charge in [-0.15, -0.1) is 0 Å². The molecule has 0 radical (unpaired) electrons. The van der Waals surface area contributed by atoms with E-state index in [1.165, 1.54) is 6.21 Å². The molecule has 0 spiro atoms. The summed E-state index contributed by atoms with van der Waals surface area (Å²) >= 11 is 0. The van der Waals surface area contributed by atoms with E-state index in [1.54, 1.807) is 37.4 Å². The van der Waals surface area contributed by atoms with E-state index in [0.717, 1.165) is 5.56 Å². The van der Waals surface area contributed by atoms with Crippen LogP contribution in [0, 0.1) is 6.92 Å². The highest BCUT2D eigenvalue weighted by atomic mass is 16.5. The molecule has 142 valence electrons. The van der Waals surface area contributed by atoms with Crippen molar-refractivity contribution in [3.8, 4) is 11.5 Å². The fourth-order valence-corrected chi connectivity index (χ4v) is 2.30. The molecule has 2 amide bonds. The molecule has 0 bridgehead atoms. The van der Waals surface area contributed by atoms with Crippen molar-refractivity contribution in [3.05, 3.63) is 53.6 Å². The Morgan fingerprint density at radius 1 is 1.11 bits per heavy atom. The average molecular weight is 369 g/mol. The van der Waals surface area contributed by atoms with Gasteiger partial charge in [-0.2, -0.15) is 5.10 Å². The van der Waals surface area contributed by atoms with Gasteiger partial charge in [0.25, 0.3) is 0 Å². The van der Waals surface area contributed by atoms with Gasteiger partial charge in [-0.1, -0.05) is 23.8 Å². The summed E-state index contributed by atoms with van der Waals surface area (Å²) in [5.41, 5.74) is 4.72. The Hall–Kier alpha value is -3.35.